The fraction of sp³-hybridized carbons (Fsp3) is 0.643. The zero-order valence-corrected chi connectivity index (χ0v) is 13.4. The molecule has 6 heteroatoms. The van der Waals surface area contributed by atoms with Crippen molar-refractivity contribution in [1.82, 2.24) is 14.9 Å². The Balaban J connectivity index is 2.77. The molecule has 0 spiro atoms. The lowest BCUT2D eigenvalue weighted by Gasteiger charge is -2.18. The second-order valence-corrected chi connectivity index (χ2v) is 5.63. The van der Waals surface area contributed by atoms with Crippen LogP contribution in [0.3, 0.4) is 0 Å². The van der Waals surface area contributed by atoms with Gasteiger partial charge in [-0.2, -0.15) is 0 Å². The third-order valence-electron chi connectivity index (χ3n) is 2.71. The van der Waals surface area contributed by atoms with E-state index in [9.17, 15) is 4.79 Å². The normalized spacial score (nSPS) is 11.2. The monoisotopic (exact) mass is 299 g/mol. The SMILES string of the molecule is CC(C)OCCN(C)C(=O)c1nc(C(C)C)ncc1Cl. The predicted molar refractivity (Wildman–Crippen MR) is 79.2 cm³/mol. The highest BCUT2D eigenvalue weighted by Crippen LogP contribution is 2.17. The maximum atomic E-state index is 12.3. The molecule has 0 unspecified atom stereocenters. The molecule has 0 aliphatic heterocycles. The molecule has 0 saturated heterocycles. The molecular weight excluding hydrogens is 278 g/mol. The van der Waals surface area contributed by atoms with E-state index >= 15 is 0 Å². The smallest absolute Gasteiger partial charge is 0.273 e. The van der Waals surface area contributed by atoms with Crippen LogP contribution in [0.1, 0.15) is 49.9 Å². The van der Waals surface area contributed by atoms with Crippen LogP contribution in [0.5, 0.6) is 0 Å². The summed E-state index contributed by atoms with van der Waals surface area (Å²) < 4.78 is 5.43. The first-order valence-corrected chi connectivity index (χ1v) is 7.10. The number of hydrogen-bond acceptors (Lipinski definition) is 4. The molecule has 0 saturated carbocycles. The molecule has 0 bridgehead atoms. The van der Waals surface area contributed by atoms with Crippen LogP contribution >= 0.6 is 11.6 Å². The molecule has 20 heavy (non-hydrogen) atoms. The first kappa shape index (κ1) is 16.9. The van der Waals surface area contributed by atoms with Gasteiger partial charge in [-0.3, -0.25) is 4.79 Å². The van der Waals surface area contributed by atoms with Gasteiger partial charge in [-0.15, -0.1) is 0 Å². The summed E-state index contributed by atoms with van der Waals surface area (Å²) in [5, 5.41) is 0.274. The quantitative estimate of drug-likeness (QED) is 0.810. The van der Waals surface area contributed by atoms with E-state index in [0.29, 0.717) is 19.0 Å². The number of rotatable bonds is 6. The minimum absolute atomic E-state index is 0.147. The van der Waals surface area contributed by atoms with Gasteiger partial charge >= 0.3 is 0 Å². The minimum Gasteiger partial charge on any atom is -0.377 e. The topological polar surface area (TPSA) is 55.3 Å². The summed E-state index contributed by atoms with van der Waals surface area (Å²) in [6.07, 6.45) is 1.63. The van der Waals surface area contributed by atoms with Gasteiger partial charge in [0, 0.05) is 19.5 Å². The second kappa shape index (κ2) is 7.55. The minimum atomic E-state index is -0.216. The molecule has 112 valence electrons. The van der Waals surface area contributed by atoms with E-state index in [1.165, 1.54) is 6.20 Å². The molecule has 1 aromatic heterocycles. The highest BCUT2D eigenvalue weighted by molar-refractivity contribution is 6.33. The van der Waals surface area contributed by atoms with Crippen LogP contribution in [0.4, 0.5) is 0 Å². The van der Waals surface area contributed by atoms with E-state index in [1.54, 1.807) is 11.9 Å². The van der Waals surface area contributed by atoms with E-state index in [4.69, 9.17) is 16.3 Å². The Morgan fingerprint density at radius 2 is 2.05 bits per heavy atom. The van der Waals surface area contributed by atoms with Gasteiger partial charge in [0.1, 0.15) is 5.82 Å². The van der Waals surface area contributed by atoms with Gasteiger partial charge in [-0.05, 0) is 13.8 Å². The van der Waals surface area contributed by atoms with Crippen molar-refractivity contribution in [3.8, 4) is 0 Å². The van der Waals surface area contributed by atoms with E-state index in [1.807, 2.05) is 27.7 Å². The molecule has 0 fully saturated rings. The summed E-state index contributed by atoms with van der Waals surface area (Å²) in [7, 11) is 1.71. The van der Waals surface area contributed by atoms with Gasteiger partial charge < -0.3 is 9.64 Å². The Bertz CT molecular complexity index is 464. The van der Waals surface area contributed by atoms with E-state index in [-0.39, 0.29) is 28.6 Å². The molecule has 0 N–H and O–H groups in total. The van der Waals surface area contributed by atoms with Crippen LogP contribution in [0.15, 0.2) is 6.20 Å². The molecule has 1 heterocycles. The van der Waals surface area contributed by atoms with Crippen LogP contribution < -0.4 is 0 Å². The molecule has 0 atom stereocenters. The van der Waals surface area contributed by atoms with Crippen molar-refractivity contribution >= 4 is 17.5 Å². The van der Waals surface area contributed by atoms with Gasteiger partial charge in [-0.25, -0.2) is 9.97 Å². The van der Waals surface area contributed by atoms with E-state index in [2.05, 4.69) is 9.97 Å². The van der Waals surface area contributed by atoms with Gasteiger partial charge in [0.2, 0.25) is 0 Å². The highest BCUT2D eigenvalue weighted by atomic mass is 35.5. The third kappa shape index (κ3) is 4.72. The molecule has 0 radical (unpaired) electrons. The zero-order valence-electron chi connectivity index (χ0n) is 12.7. The summed E-state index contributed by atoms with van der Waals surface area (Å²) in [4.78, 5) is 22.3. The van der Waals surface area contributed by atoms with E-state index in [0.717, 1.165) is 0 Å². The van der Waals surface area contributed by atoms with Crippen LogP contribution in [-0.2, 0) is 4.74 Å². The van der Waals surface area contributed by atoms with Crippen molar-refractivity contribution < 1.29 is 9.53 Å². The van der Waals surface area contributed by atoms with Crippen molar-refractivity contribution in [2.45, 2.75) is 39.7 Å². The number of aromatic nitrogens is 2. The summed E-state index contributed by atoms with van der Waals surface area (Å²) in [5.74, 6) is 0.546. The maximum Gasteiger partial charge on any atom is 0.273 e. The number of hydrogen-bond donors (Lipinski definition) is 0. The van der Waals surface area contributed by atoms with Crippen LogP contribution in [0.25, 0.3) is 0 Å². The Morgan fingerprint density at radius 1 is 1.40 bits per heavy atom. The van der Waals surface area contributed by atoms with Gasteiger partial charge in [0.05, 0.1) is 23.9 Å². The number of carbonyl (C=O) groups is 1. The van der Waals surface area contributed by atoms with Crippen LogP contribution in [0.2, 0.25) is 5.02 Å². The average Bonchev–Trinajstić information content (AvgIpc) is 2.37. The van der Waals surface area contributed by atoms with E-state index < -0.39 is 0 Å². The Hall–Kier alpha value is -1.20. The molecule has 1 aromatic rings. The van der Waals surface area contributed by atoms with Crippen LogP contribution in [0, 0.1) is 0 Å². The Morgan fingerprint density at radius 3 is 2.60 bits per heavy atom. The fourth-order valence-corrected chi connectivity index (χ4v) is 1.69. The second-order valence-electron chi connectivity index (χ2n) is 5.23. The number of ether oxygens (including phenoxy) is 1. The predicted octanol–water partition coefficient (Wildman–Crippen LogP) is 2.75. The maximum absolute atomic E-state index is 12.3. The number of carbonyl (C=O) groups excluding carboxylic acids is 1. The first-order chi connectivity index (χ1) is 9.32. The number of amides is 1. The summed E-state index contributed by atoms with van der Waals surface area (Å²) in [5.41, 5.74) is 0.248. The highest BCUT2D eigenvalue weighted by Gasteiger charge is 2.19. The largest absolute Gasteiger partial charge is 0.377 e. The zero-order chi connectivity index (χ0) is 15.3. The van der Waals surface area contributed by atoms with Crippen molar-refractivity contribution in [3.63, 3.8) is 0 Å². The van der Waals surface area contributed by atoms with Gasteiger partial charge in [-0.1, -0.05) is 25.4 Å². The summed E-state index contributed by atoms with van der Waals surface area (Å²) in [6, 6.07) is 0. The molecule has 5 nitrogen and oxygen atoms in total. The molecule has 0 aliphatic rings. The Kier molecular flexibility index (Phi) is 6.36. The number of likely N-dealkylation sites (N-methyl/N-ethyl adjacent to an activating group) is 1. The average molecular weight is 300 g/mol. The lowest BCUT2D eigenvalue weighted by atomic mass is 10.2. The fourth-order valence-electron chi connectivity index (χ4n) is 1.52. The molecule has 1 rings (SSSR count). The third-order valence-corrected chi connectivity index (χ3v) is 2.98. The standard InChI is InChI=1S/C14H22ClN3O2/c1-9(2)13-16-8-11(15)12(17-13)14(19)18(5)6-7-20-10(3)4/h8-10H,6-7H2,1-5H3. The summed E-state index contributed by atoms with van der Waals surface area (Å²) in [6.45, 7) is 8.83. The van der Waals surface area contributed by atoms with Crippen molar-refractivity contribution in [3.05, 3.63) is 22.7 Å². The van der Waals surface area contributed by atoms with Crippen molar-refractivity contribution in [2.75, 3.05) is 20.2 Å². The number of halogens is 1. The molecular formula is C14H22ClN3O2. The first-order valence-electron chi connectivity index (χ1n) is 6.72. The lowest BCUT2D eigenvalue weighted by Crippen LogP contribution is -2.32. The Labute approximate surface area is 125 Å². The van der Waals surface area contributed by atoms with Crippen LogP contribution in [-0.4, -0.2) is 47.1 Å². The van der Waals surface area contributed by atoms with Gasteiger partial charge in [0.15, 0.2) is 5.69 Å². The number of nitrogens with zero attached hydrogens (tertiary/aromatic N) is 3. The lowest BCUT2D eigenvalue weighted by molar-refractivity contribution is 0.0529. The summed E-state index contributed by atoms with van der Waals surface area (Å²) >= 11 is 6.02. The molecule has 0 aromatic carbocycles. The van der Waals surface area contributed by atoms with Gasteiger partial charge in [0.25, 0.3) is 5.91 Å². The molecule has 0 aliphatic carbocycles. The molecule has 1 amide bonds. The van der Waals surface area contributed by atoms with Crippen molar-refractivity contribution in [1.29, 1.82) is 0 Å². The van der Waals surface area contributed by atoms with Crippen molar-refractivity contribution in [2.24, 2.45) is 0 Å².